The molecular formula is C12H26N2. The van der Waals surface area contributed by atoms with Crippen molar-refractivity contribution < 1.29 is 0 Å². The predicted octanol–water partition coefficient (Wildman–Crippen LogP) is 1.95. The Labute approximate surface area is 88.8 Å². The molecule has 0 bridgehead atoms. The Morgan fingerprint density at radius 3 is 2.36 bits per heavy atom. The van der Waals surface area contributed by atoms with Crippen LogP contribution in [0.3, 0.4) is 0 Å². The van der Waals surface area contributed by atoms with E-state index in [1.54, 1.807) is 0 Å². The monoisotopic (exact) mass is 198 g/mol. The molecule has 0 aromatic rings. The van der Waals surface area contributed by atoms with E-state index in [9.17, 15) is 0 Å². The molecule has 0 aliphatic heterocycles. The maximum absolute atomic E-state index is 5.81. The van der Waals surface area contributed by atoms with Crippen molar-refractivity contribution in [3.8, 4) is 0 Å². The van der Waals surface area contributed by atoms with Gasteiger partial charge in [0.05, 0.1) is 0 Å². The van der Waals surface area contributed by atoms with Crippen LogP contribution in [0.2, 0.25) is 0 Å². The van der Waals surface area contributed by atoms with Gasteiger partial charge in [0.2, 0.25) is 0 Å². The Hall–Kier alpha value is -0.0800. The SMILES string of the molecule is CC(C)CC(CN)N(C)CC1CC1C. The standard InChI is InChI=1S/C12H26N2/c1-9(2)5-12(7-13)14(4)8-11-6-10(11)3/h9-12H,5-8,13H2,1-4H3. The van der Waals surface area contributed by atoms with Gasteiger partial charge < -0.3 is 10.6 Å². The van der Waals surface area contributed by atoms with Gasteiger partial charge in [0, 0.05) is 19.1 Å². The molecule has 0 spiro atoms. The lowest BCUT2D eigenvalue weighted by Gasteiger charge is -2.28. The van der Waals surface area contributed by atoms with E-state index in [-0.39, 0.29) is 0 Å². The van der Waals surface area contributed by atoms with Crippen LogP contribution in [0.5, 0.6) is 0 Å². The van der Waals surface area contributed by atoms with Crippen LogP contribution >= 0.6 is 0 Å². The van der Waals surface area contributed by atoms with Gasteiger partial charge in [-0.05, 0) is 37.6 Å². The molecule has 1 saturated carbocycles. The number of likely N-dealkylation sites (N-methyl/N-ethyl adjacent to an activating group) is 1. The molecule has 3 unspecified atom stereocenters. The Bertz CT molecular complexity index is 168. The van der Waals surface area contributed by atoms with Crippen LogP contribution in [0.25, 0.3) is 0 Å². The second kappa shape index (κ2) is 5.13. The minimum Gasteiger partial charge on any atom is -0.329 e. The van der Waals surface area contributed by atoms with Crippen LogP contribution in [-0.4, -0.2) is 31.1 Å². The highest BCUT2D eigenvalue weighted by atomic mass is 15.1. The summed E-state index contributed by atoms with van der Waals surface area (Å²) in [7, 11) is 2.23. The third-order valence-corrected chi connectivity index (χ3v) is 3.44. The molecule has 0 aromatic heterocycles. The molecule has 1 aliphatic carbocycles. The van der Waals surface area contributed by atoms with Crippen LogP contribution in [0, 0.1) is 17.8 Å². The third kappa shape index (κ3) is 3.58. The van der Waals surface area contributed by atoms with E-state index >= 15 is 0 Å². The fourth-order valence-electron chi connectivity index (χ4n) is 2.17. The van der Waals surface area contributed by atoms with Crippen LogP contribution in [0.4, 0.5) is 0 Å². The molecule has 2 nitrogen and oxygen atoms in total. The van der Waals surface area contributed by atoms with Crippen LogP contribution in [0.15, 0.2) is 0 Å². The first-order valence-electron chi connectivity index (χ1n) is 5.94. The molecule has 1 rings (SSSR count). The molecule has 0 amide bonds. The minimum atomic E-state index is 0.586. The zero-order valence-electron chi connectivity index (χ0n) is 10.2. The zero-order valence-corrected chi connectivity index (χ0v) is 10.2. The van der Waals surface area contributed by atoms with E-state index in [0.717, 1.165) is 24.3 Å². The van der Waals surface area contributed by atoms with Gasteiger partial charge in [0.25, 0.3) is 0 Å². The number of hydrogen-bond donors (Lipinski definition) is 1. The number of rotatable bonds is 6. The van der Waals surface area contributed by atoms with Crippen molar-refractivity contribution in [2.75, 3.05) is 20.1 Å². The number of nitrogens with zero attached hydrogens (tertiary/aromatic N) is 1. The molecule has 1 aliphatic rings. The molecule has 14 heavy (non-hydrogen) atoms. The van der Waals surface area contributed by atoms with Gasteiger partial charge in [-0.15, -0.1) is 0 Å². The Kier molecular flexibility index (Phi) is 4.39. The quantitative estimate of drug-likeness (QED) is 0.707. The fourth-order valence-corrected chi connectivity index (χ4v) is 2.17. The highest BCUT2D eigenvalue weighted by Crippen LogP contribution is 2.38. The molecule has 0 saturated heterocycles. The average Bonchev–Trinajstić information content (AvgIpc) is 2.77. The molecule has 2 heteroatoms. The molecule has 2 N–H and O–H groups in total. The summed E-state index contributed by atoms with van der Waals surface area (Å²) in [6.07, 6.45) is 2.65. The molecule has 1 fully saturated rings. The second-order valence-corrected chi connectivity index (χ2v) is 5.43. The van der Waals surface area contributed by atoms with E-state index in [1.807, 2.05) is 0 Å². The summed E-state index contributed by atoms with van der Waals surface area (Å²) in [6.45, 7) is 8.94. The van der Waals surface area contributed by atoms with E-state index < -0.39 is 0 Å². The Morgan fingerprint density at radius 2 is 2.00 bits per heavy atom. The van der Waals surface area contributed by atoms with Crippen LogP contribution < -0.4 is 5.73 Å². The summed E-state index contributed by atoms with van der Waals surface area (Å²) in [5, 5.41) is 0. The summed E-state index contributed by atoms with van der Waals surface area (Å²) in [5.74, 6) is 2.65. The van der Waals surface area contributed by atoms with E-state index in [1.165, 1.54) is 19.4 Å². The fraction of sp³-hybridized carbons (Fsp3) is 1.00. The van der Waals surface area contributed by atoms with Crippen molar-refractivity contribution in [3.05, 3.63) is 0 Å². The van der Waals surface area contributed by atoms with Crippen molar-refractivity contribution in [2.24, 2.45) is 23.5 Å². The van der Waals surface area contributed by atoms with E-state index in [4.69, 9.17) is 5.73 Å². The summed E-state index contributed by atoms with van der Waals surface area (Å²) < 4.78 is 0. The second-order valence-electron chi connectivity index (χ2n) is 5.43. The van der Waals surface area contributed by atoms with Crippen molar-refractivity contribution in [1.29, 1.82) is 0 Å². The minimum absolute atomic E-state index is 0.586. The van der Waals surface area contributed by atoms with E-state index in [2.05, 4.69) is 32.7 Å². The van der Waals surface area contributed by atoms with Crippen LogP contribution in [-0.2, 0) is 0 Å². The summed E-state index contributed by atoms with van der Waals surface area (Å²) in [5.41, 5.74) is 5.81. The number of nitrogens with two attached hydrogens (primary N) is 1. The highest BCUT2D eigenvalue weighted by molar-refractivity contribution is 4.86. The van der Waals surface area contributed by atoms with Crippen molar-refractivity contribution in [2.45, 2.75) is 39.7 Å². The first-order chi connectivity index (χ1) is 6.54. The van der Waals surface area contributed by atoms with Crippen molar-refractivity contribution >= 4 is 0 Å². The molecule has 0 heterocycles. The summed E-state index contributed by atoms with van der Waals surface area (Å²) in [4.78, 5) is 2.47. The molecule has 0 aromatic carbocycles. The van der Waals surface area contributed by atoms with Gasteiger partial charge >= 0.3 is 0 Å². The maximum Gasteiger partial charge on any atom is 0.0217 e. The zero-order chi connectivity index (χ0) is 10.7. The van der Waals surface area contributed by atoms with E-state index in [0.29, 0.717) is 6.04 Å². The smallest absolute Gasteiger partial charge is 0.0217 e. The average molecular weight is 198 g/mol. The summed E-state index contributed by atoms with van der Waals surface area (Å²) >= 11 is 0. The molecular weight excluding hydrogens is 172 g/mol. The largest absolute Gasteiger partial charge is 0.329 e. The van der Waals surface area contributed by atoms with Gasteiger partial charge in [0.1, 0.15) is 0 Å². The molecule has 84 valence electrons. The van der Waals surface area contributed by atoms with Crippen LogP contribution in [0.1, 0.15) is 33.6 Å². The highest BCUT2D eigenvalue weighted by Gasteiger charge is 2.34. The van der Waals surface area contributed by atoms with Crippen molar-refractivity contribution in [3.63, 3.8) is 0 Å². The first kappa shape index (κ1) is 12.0. The topological polar surface area (TPSA) is 29.3 Å². The maximum atomic E-state index is 5.81. The lowest BCUT2D eigenvalue weighted by atomic mass is 10.0. The molecule has 0 radical (unpaired) electrons. The van der Waals surface area contributed by atoms with Gasteiger partial charge in [-0.25, -0.2) is 0 Å². The first-order valence-corrected chi connectivity index (χ1v) is 5.94. The summed E-state index contributed by atoms with van der Waals surface area (Å²) in [6, 6.07) is 0.586. The lowest BCUT2D eigenvalue weighted by molar-refractivity contribution is 0.207. The normalized spacial score (nSPS) is 28.5. The van der Waals surface area contributed by atoms with Gasteiger partial charge in [-0.2, -0.15) is 0 Å². The predicted molar refractivity (Wildman–Crippen MR) is 62.2 cm³/mol. The van der Waals surface area contributed by atoms with Crippen molar-refractivity contribution in [1.82, 2.24) is 4.90 Å². The van der Waals surface area contributed by atoms with Gasteiger partial charge in [-0.1, -0.05) is 20.8 Å². The third-order valence-electron chi connectivity index (χ3n) is 3.44. The lowest BCUT2D eigenvalue weighted by Crippen LogP contribution is -2.40. The van der Waals surface area contributed by atoms with Gasteiger partial charge in [-0.3, -0.25) is 0 Å². The number of hydrogen-bond acceptors (Lipinski definition) is 2. The Balaban J connectivity index is 2.27. The Morgan fingerprint density at radius 1 is 1.43 bits per heavy atom. The van der Waals surface area contributed by atoms with Gasteiger partial charge in [0.15, 0.2) is 0 Å². The molecule has 3 atom stereocenters.